The summed E-state index contributed by atoms with van der Waals surface area (Å²) in [7, 11) is -1.57. The molecule has 1 amide bonds. The first-order valence-corrected chi connectivity index (χ1v) is 11.9. The van der Waals surface area contributed by atoms with E-state index in [0.29, 0.717) is 18.0 Å². The Morgan fingerprint density at radius 1 is 1.10 bits per heavy atom. The molecule has 2 aromatic rings. The molecule has 2 N–H and O–H groups in total. The van der Waals surface area contributed by atoms with Gasteiger partial charge in [0.1, 0.15) is 0 Å². The highest BCUT2D eigenvalue weighted by molar-refractivity contribution is 7.89. The number of carbonyl (C=O) groups is 1. The summed E-state index contributed by atoms with van der Waals surface area (Å²) in [5, 5.41) is 2.97. The number of benzene rings is 2. The first kappa shape index (κ1) is 22.5. The van der Waals surface area contributed by atoms with E-state index >= 15 is 0 Å². The number of sulfonamides is 1. The van der Waals surface area contributed by atoms with Crippen LogP contribution in [0.5, 0.6) is 0 Å². The SMILES string of the molecule is Cc1ccc(S(=O)(=O)NCc2ccccc2)cc1C(=O)NCCC1CCN(C)CC1. The van der Waals surface area contributed by atoms with Crippen molar-refractivity contribution in [2.24, 2.45) is 5.92 Å². The summed E-state index contributed by atoms with van der Waals surface area (Å²) in [5.41, 5.74) is 2.04. The van der Waals surface area contributed by atoms with Gasteiger partial charge in [0.15, 0.2) is 0 Å². The zero-order valence-corrected chi connectivity index (χ0v) is 18.5. The molecule has 1 heterocycles. The zero-order chi connectivity index (χ0) is 21.6. The van der Waals surface area contributed by atoms with Crippen molar-refractivity contribution < 1.29 is 13.2 Å². The second kappa shape index (κ2) is 10.2. The van der Waals surface area contributed by atoms with Crippen LogP contribution in [0.4, 0.5) is 0 Å². The number of rotatable bonds is 8. The maximum Gasteiger partial charge on any atom is 0.251 e. The third-order valence-electron chi connectivity index (χ3n) is 5.75. The smallest absolute Gasteiger partial charge is 0.251 e. The molecule has 1 fully saturated rings. The van der Waals surface area contributed by atoms with E-state index in [1.165, 1.54) is 12.1 Å². The van der Waals surface area contributed by atoms with Crippen molar-refractivity contribution in [1.29, 1.82) is 0 Å². The third-order valence-corrected chi connectivity index (χ3v) is 7.15. The Kier molecular flexibility index (Phi) is 7.64. The standard InChI is InChI=1S/C23H31N3O3S/c1-18-8-9-21(30(28,29)25-17-20-6-4-3-5-7-20)16-22(18)23(27)24-13-10-19-11-14-26(2)15-12-19/h3-9,16,19,25H,10-15,17H2,1-2H3,(H,24,27). The van der Waals surface area contributed by atoms with Crippen LogP contribution in [0.3, 0.4) is 0 Å². The van der Waals surface area contributed by atoms with Crippen LogP contribution in [0.1, 0.15) is 40.7 Å². The van der Waals surface area contributed by atoms with Gasteiger partial charge in [0.05, 0.1) is 4.90 Å². The Bertz CT molecular complexity index is 953. The lowest BCUT2D eigenvalue weighted by Gasteiger charge is -2.28. The van der Waals surface area contributed by atoms with E-state index < -0.39 is 10.0 Å². The van der Waals surface area contributed by atoms with Crippen molar-refractivity contribution in [1.82, 2.24) is 14.9 Å². The predicted octanol–water partition coefficient (Wildman–Crippen LogP) is 2.94. The van der Waals surface area contributed by atoms with E-state index in [1.807, 2.05) is 37.3 Å². The summed E-state index contributed by atoms with van der Waals surface area (Å²) >= 11 is 0. The quantitative estimate of drug-likeness (QED) is 0.676. The molecule has 0 atom stereocenters. The fourth-order valence-electron chi connectivity index (χ4n) is 3.71. The minimum absolute atomic E-state index is 0.101. The van der Waals surface area contributed by atoms with Gasteiger partial charge in [-0.2, -0.15) is 0 Å². The summed E-state index contributed by atoms with van der Waals surface area (Å²) in [4.78, 5) is 15.1. The monoisotopic (exact) mass is 429 g/mol. The first-order chi connectivity index (χ1) is 14.3. The van der Waals surface area contributed by atoms with E-state index in [2.05, 4.69) is 22.0 Å². The second-order valence-corrected chi connectivity index (χ2v) is 9.85. The van der Waals surface area contributed by atoms with Crippen molar-refractivity contribution in [2.75, 3.05) is 26.7 Å². The van der Waals surface area contributed by atoms with Crippen LogP contribution in [-0.4, -0.2) is 45.9 Å². The van der Waals surface area contributed by atoms with Gasteiger partial charge < -0.3 is 10.2 Å². The molecule has 1 aliphatic rings. The number of amides is 1. The lowest BCUT2D eigenvalue weighted by Crippen LogP contribution is -2.33. The second-order valence-electron chi connectivity index (χ2n) is 8.08. The molecule has 0 unspecified atom stereocenters. The number of nitrogens with one attached hydrogen (secondary N) is 2. The molecule has 30 heavy (non-hydrogen) atoms. The summed E-state index contributed by atoms with van der Waals surface area (Å²) in [6, 6.07) is 14.0. The maximum absolute atomic E-state index is 12.7. The number of nitrogens with zero attached hydrogens (tertiary/aromatic N) is 1. The van der Waals surface area contributed by atoms with E-state index in [9.17, 15) is 13.2 Å². The molecule has 6 nitrogen and oxygen atoms in total. The lowest BCUT2D eigenvalue weighted by atomic mass is 9.94. The van der Waals surface area contributed by atoms with Crippen LogP contribution in [0.15, 0.2) is 53.4 Å². The third kappa shape index (κ3) is 6.14. The number of hydrogen-bond acceptors (Lipinski definition) is 4. The molecule has 0 saturated carbocycles. The van der Waals surface area contributed by atoms with Gasteiger partial charge in [0, 0.05) is 18.7 Å². The van der Waals surface area contributed by atoms with Crippen molar-refractivity contribution in [3.63, 3.8) is 0 Å². The highest BCUT2D eigenvalue weighted by Gasteiger charge is 2.19. The summed E-state index contributed by atoms with van der Waals surface area (Å²) in [6.45, 7) is 4.84. The molecule has 0 aliphatic carbocycles. The predicted molar refractivity (Wildman–Crippen MR) is 119 cm³/mol. The highest BCUT2D eigenvalue weighted by Crippen LogP contribution is 2.19. The number of carbonyl (C=O) groups excluding carboxylic acids is 1. The van der Waals surface area contributed by atoms with Crippen LogP contribution in [-0.2, 0) is 16.6 Å². The number of piperidine rings is 1. The van der Waals surface area contributed by atoms with Crippen LogP contribution < -0.4 is 10.0 Å². The van der Waals surface area contributed by atoms with Crippen LogP contribution in [0, 0.1) is 12.8 Å². The van der Waals surface area contributed by atoms with Gasteiger partial charge in [-0.05, 0) is 75.5 Å². The van der Waals surface area contributed by atoms with E-state index in [-0.39, 0.29) is 17.3 Å². The minimum Gasteiger partial charge on any atom is -0.352 e. The molecule has 1 saturated heterocycles. The van der Waals surface area contributed by atoms with Crippen molar-refractivity contribution in [2.45, 2.75) is 37.6 Å². The Morgan fingerprint density at radius 2 is 1.80 bits per heavy atom. The molecule has 2 aromatic carbocycles. The van der Waals surface area contributed by atoms with Gasteiger partial charge in [-0.25, -0.2) is 13.1 Å². The molecular weight excluding hydrogens is 398 g/mol. The van der Waals surface area contributed by atoms with Gasteiger partial charge in [0.2, 0.25) is 10.0 Å². The summed E-state index contributed by atoms with van der Waals surface area (Å²) < 4.78 is 28.0. The fourth-order valence-corrected chi connectivity index (χ4v) is 4.75. The zero-order valence-electron chi connectivity index (χ0n) is 17.7. The van der Waals surface area contributed by atoms with Crippen LogP contribution in [0.25, 0.3) is 0 Å². The maximum atomic E-state index is 12.7. The van der Waals surface area contributed by atoms with Gasteiger partial charge in [-0.15, -0.1) is 0 Å². The largest absolute Gasteiger partial charge is 0.352 e. The molecule has 3 rings (SSSR count). The number of aryl methyl sites for hydroxylation is 1. The molecule has 162 valence electrons. The Hall–Kier alpha value is -2.22. The van der Waals surface area contributed by atoms with Crippen LogP contribution in [0.2, 0.25) is 0 Å². The van der Waals surface area contributed by atoms with Crippen LogP contribution >= 0.6 is 0 Å². The van der Waals surface area contributed by atoms with Gasteiger partial charge in [0.25, 0.3) is 5.91 Å². The van der Waals surface area contributed by atoms with Gasteiger partial charge >= 0.3 is 0 Å². The lowest BCUT2D eigenvalue weighted by molar-refractivity contribution is 0.0948. The molecule has 0 aromatic heterocycles. The Labute approximate surface area is 179 Å². The average Bonchev–Trinajstić information content (AvgIpc) is 2.74. The highest BCUT2D eigenvalue weighted by atomic mass is 32.2. The number of hydrogen-bond donors (Lipinski definition) is 2. The van der Waals surface area contributed by atoms with Gasteiger partial charge in [-0.1, -0.05) is 36.4 Å². The van der Waals surface area contributed by atoms with E-state index in [1.54, 1.807) is 6.07 Å². The Balaban J connectivity index is 1.60. The molecule has 0 spiro atoms. The molecule has 0 bridgehead atoms. The molecule has 7 heteroatoms. The van der Waals surface area contributed by atoms with Crippen molar-refractivity contribution >= 4 is 15.9 Å². The molecule has 0 radical (unpaired) electrons. The number of likely N-dealkylation sites (tertiary alicyclic amines) is 1. The summed E-state index contributed by atoms with van der Waals surface area (Å²) in [6.07, 6.45) is 3.27. The van der Waals surface area contributed by atoms with Crippen molar-refractivity contribution in [3.8, 4) is 0 Å². The first-order valence-electron chi connectivity index (χ1n) is 10.5. The Morgan fingerprint density at radius 3 is 2.50 bits per heavy atom. The topological polar surface area (TPSA) is 78.5 Å². The fraction of sp³-hybridized carbons (Fsp3) is 0.435. The normalized spacial score (nSPS) is 15.8. The molecular formula is C23H31N3O3S. The average molecular weight is 430 g/mol. The van der Waals surface area contributed by atoms with Gasteiger partial charge in [-0.3, -0.25) is 4.79 Å². The van der Waals surface area contributed by atoms with E-state index in [4.69, 9.17) is 0 Å². The van der Waals surface area contributed by atoms with E-state index in [0.717, 1.165) is 43.5 Å². The summed E-state index contributed by atoms with van der Waals surface area (Å²) in [5.74, 6) is 0.414. The minimum atomic E-state index is -3.71. The molecule has 1 aliphatic heterocycles. The van der Waals surface area contributed by atoms with Crippen molar-refractivity contribution in [3.05, 3.63) is 65.2 Å².